The Morgan fingerprint density at radius 3 is 2.65 bits per heavy atom. The number of piperazine rings is 1. The highest BCUT2D eigenvalue weighted by molar-refractivity contribution is 5.98. The van der Waals surface area contributed by atoms with Crippen LogP contribution < -0.4 is 10.6 Å². The lowest BCUT2D eigenvalue weighted by molar-refractivity contribution is -0.146. The van der Waals surface area contributed by atoms with E-state index in [1.54, 1.807) is 6.07 Å². The molecule has 1 atom stereocenters. The number of aliphatic carboxylic acids is 1. The van der Waals surface area contributed by atoms with Crippen molar-refractivity contribution in [2.45, 2.75) is 39.2 Å². The molecule has 8 heteroatoms. The Bertz CT molecular complexity index is 732. The molecule has 0 aromatic heterocycles. The molecule has 0 bridgehead atoms. The number of benzene rings is 1. The molecule has 3 N–H and O–H groups in total. The van der Waals surface area contributed by atoms with Crippen LogP contribution in [0.2, 0.25) is 0 Å². The summed E-state index contributed by atoms with van der Waals surface area (Å²) in [6, 6.07) is 4.66. The van der Waals surface area contributed by atoms with Gasteiger partial charge >= 0.3 is 5.97 Å². The molecule has 0 saturated carbocycles. The predicted molar refractivity (Wildman–Crippen MR) is 94.5 cm³/mol. The average molecular weight is 361 g/mol. The molecule has 1 aromatic carbocycles. The largest absolute Gasteiger partial charge is 0.481 e. The van der Waals surface area contributed by atoms with Crippen molar-refractivity contribution in [3.63, 3.8) is 0 Å². The topological polar surface area (TPSA) is 116 Å². The Morgan fingerprint density at radius 2 is 2.00 bits per heavy atom. The lowest BCUT2D eigenvalue weighted by atomic mass is 10.1. The maximum atomic E-state index is 12.4. The molecule has 1 aliphatic rings. The zero-order valence-corrected chi connectivity index (χ0v) is 14.9. The number of carboxylic acids is 1. The molecular weight excluding hydrogens is 338 g/mol. The van der Waals surface area contributed by atoms with Crippen LogP contribution in [-0.2, 0) is 19.2 Å². The van der Waals surface area contributed by atoms with Crippen LogP contribution in [-0.4, -0.2) is 52.8 Å². The molecule has 140 valence electrons. The van der Waals surface area contributed by atoms with Crippen LogP contribution in [0.1, 0.15) is 30.4 Å². The SMILES string of the molecule is Cc1ccc(NC(=O)C[C@H]2C(=O)NCCN2C(=O)CCC(=O)O)c(C)c1. The van der Waals surface area contributed by atoms with E-state index in [1.165, 1.54) is 4.90 Å². The number of carbonyl (C=O) groups is 4. The first-order valence-electron chi connectivity index (χ1n) is 8.44. The van der Waals surface area contributed by atoms with E-state index in [0.29, 0.717) is 5.69 Å². The van der Waals surface area contributed by atoms with Crippen LogP contribution in [0.4, 0.5) is 5.69 Å². The van der Waals surface area contributed by atoms with Crippen LogP contribution in [0.5, 0.6) is 0 Å². The maximum Gasteiger partial charge on any atom is 0.303 e. The molecule has 0 spiro atoms. The normalized spacial score (nSPS) is 16.8. The number of carbonyl (C=O) groups excluding carboxylic acids is 3. The third kappa shape index (κ3) is 5.05. The zero-order chi connectivity index (χ0) is 19.3. The monoisotopic (exact) mass is 361 g/mol. The van der Waals surface area contributed by atoms with Crippen molar-refractivity contribution in [1.82, 2.24) is 10.2 Å². The van der Waals surface area contributed by atoms with Crippen molar-refractivity contribution in [2.75, 3.05) is 18.4 Å². The van der Waals surface area contributed by atoms with Gasteiger partial charge in [0.15, 0.2) is 0 Å². The van der Waals surface area contributed by atoms with Gasteiger partial charge in [0.2, 0.25) is 17.7 Å². The van der Waals surface area contributed by atoms with E-state index < -0.39 is 23.8 Å². The van der Waals surface area contributed by atoms with E-state index in [2.05, 4.69) is 10.6 Å². The van der Waals surface area contributed by atoms with Gasteiger partial charge in [-0.25, -0.2) is 0 Å². The summed E-state index contributed by atoms with van der Waals surface area (Å²) in [5, 5.41) is 14.1. The minimum Gasteiger partial charge on any atom is -0.481 e. The number of carboxylic acid groups (broad SMARTS) is 1. The molecule has 0 radical (unpaired) electrons. The minimum atomic E-state index is -1.08. The van der Waals surface area contributed by atoms with E-state index in [1.807, 2.05) is 26.0 Å². The number of amides is 3. The first kappa shape index (κ1) is 19.4. The summed E-state index contributed by atoms with van der Waals surface area (Å²) >= 11 is 0. The molecule has 1 aliphatic heterocycles. The van der Waals surface area contributed by atoms with Gasteiger partial charge in [-0.2, -0.15) is 0 Å². The quantitative estimate of drug-likeness (QED) is 0.694. The first-order chi connectivity index (χ1) is 12.3. The molecule has 26 heavy (non-hydrogen) atoms. The van der Waals surface area contributed by atoms with Crippen molar-refractivity contribution in [1.29, 1.82) is 0 Å². The molecule has 1 fully saturated rings. The summed E-state index contributed by atoms with van der Waals surface area (Å²) in [5.41, 5.74) is 2.63. The van der Waals surface area contributed by atoms with E-state index in [0.717, 1.165) is 11.1 Å². The fourth-order valence-electron chi connectivity index (χ4n) is 2.90. The number of nitrogens with zero attached hydrogens (tertiary/aromatic N) is 1. The van der Waals surface area contributed by atoms with Gasteiger partial charge in [-0.3, -0.25) is 19.2 Å². The predicted octanol–water partition coefficient (Wildman–Crippen LogP) is 0.824. The van der Waals surface area contributed by atoms with Crippen molar-refractivity contribution in [3.8, 4) is 0 Å². The maximum absolute atomic E-state index is 12.4. The third-order valence-corrected chi connectivity index (χ3v) is 4.24. The molecular formula is C18H23N3O5. The van der Waals surface area contributed by atoms with Gasteiger partial charge in [0.05, 0.1) is 12.8 Å². The zero-order valence-electron chi connectivity index (χ0n) is 14.9. The van der Waals surface area contributed by atoms with Gasteiger partial charge in [-0.15, -0.1) is 0 Å². The van der Waals surface area contributed by atoms with Gasteiger partial charge in [0.25, 0.3) is 0 Å². The molecule has 2 rings (SSSR count). The average Bonchev–Trinajstić information content (AvgIpc) is 2.57. The Kier molecular flexibility index (Phi) is 6.32. The molecule has 3 amide bonds. The lowest BCUT2D eigenvalue weighted by Crippen LogP contribution is -2.58. The Balaban J connectivity index is 2.05. The van der Waals surface area contributed by atoms with Crippen molar-refractivity contribution >= 4 is 29.4 Å². The highest BCUT2D eigenvalue weighted by Crippen LogP contribution is 2.18. The minimum absolute atomic E-state index is 0.183. The summed E-state index contributed by atoms with van der Waals surface area (Å²) < 4.78 is 0. The smallest absolute Gasteiger partial charge is 0.303 e. The Labute approximate surface area is 151 Å². The molecule has 0 unspecified atom stereocenters. The molecule has 8 nitrogen and oxygen atoms in total. The summed E-state index contributed by atoms with van der Waals surface area (Å²) in [6.07, 6.45) is -0.686. The van der Waals surface area contributed by atoms with E-state index in [-0.39, 0.29) is 38.3 Å². The second-order valence-corrected chi connectivity index (χ2v) is 6.36. The Morgan fingerprint density at radius 1 is 1.27 bits per heavy atom. The van der Waals surface area contributed by atoms with Crippen molar-refractivity contribution in [3.05, 3.63) is 29.3 Å². The first-order valence-corrected chi connectivity index (χ1v) is 8.44. The highest BCUT2D eigenvalue weighted by Gasteiger charge is 2.34. The number of rotatable bonds is 6. The van der Waals surface area contributed by atoms with Gasteiger partial charge in [-0.1, -0.05) is 17.7 Å². The van der Waals surface area contributed by atoms with Gasteiger partial charge in [0, 0.05) is 25.2 Å². The van der Waals surface area contributed by atoms with Crippen LogP contribution in [0.15, 0.2) is 18.2 Å². The van der Waals surface area contributed by atoms with E-state index >= 15 is 0 Å². The number of anilines is 1. The van der Waals surface area contributed by atoms with Crippen molar-refractivity contribution < 1.29 is 24.3 Å². The van der Waals surface area contributed by atoms with E-state index in [4.69, 9.17) is 5.11 Å². The standard InChI is InChI=1S/C18H23N3O5/c1-11-3-4-13(12(2)9-11)20-15(22)10-14-18(26)19-7-8-21(14)16(23)5-6-17(24)25/h3-4,9,14H,5-8,10H2,1-2H3,(H,19,26)(H,20,22)(H,24,25)/t14-/m0/s1. The molecule has 1 aromatic rings. The van der Waals surface area contributed by atoms with Gasteiger partial charge in [-0.05, 0) is 25.5 Å². The number of hydrogen-bond acceptors (Lipinski definition) is 4. The van der Waals surface area contributed by atoms with Gasteiger partial charge < -0.3 is 20.6 Å². The molecule has 1 heterocycles. The second-order valence-electron chi connectivity index (χ2n) is 6.36. The van der Waals surface area contributed by atoms with Crippen LogP contribution in [0.25, 0.3) is 0 Å². The Hall–Kier alpha value is -2.90. The van der Waals surface area contributed by atoms with E-state index in [9.17, 15) is 19.2 Å². The fraction of sp³-hybridized carbons (Fsp3) is 0.444. The lowest BCUT2D eigenvalue weighted by Gasteiger charge is -2.34. The number of hydrogen-bond donors (Lipinski definition) is 3. The van der Waals surface area contributed by atoms with Crippen LogP contribution in [0, 0.1) is 13.8 Å². The molecule has 0 aliphatic carbocycles. The number of nitrogens with one attached hydrogen (secondary N) is 2. The van der Waals surface area contributed by atoms with Crippen LogP contribution in [0.3, 0.4) is 0 Å². The summed E-state index contributed by atoms with van der Waals surface area (Å²) in [6.45, 7) is 4.36. The van der Waals surface area contributed by atoms with Crippen molar-refractivity contribution in [2.24, 2.45) is 0 Å². The molecule has 1 saturated heterocycles. The third-order valence-electron chi connectivity index (χ3n) is 4.24. The number of aryl methyl sites for hydroxylation is 2. The second kappa shape index (κ2) is 8.46. The highest BCUT2D eigenvalue weighted by atomic mass is 16.4. The fourth-order valence-corrected chi connectivity index (χ4v) is 2.90. The summed E-state index contributed by atoms with van der Waals surface area (Å²) in [7, 11) is 0. The summed E-state index contributed by atoms with van der Waals surface area (Å²) in [4.78, 5) is 48.7. The summed E-state index contributed by atoms with van der Waals surface area (Å²) in [5.74, 6) is -2.30. The van der Waals surface area contributed by atoms with Crippen LogP contribution >= 0.6 is 0 Å². The van der Waals surface area contributed by atoms with Gasteiger partial charge in [0.1, 0.15) is 6.04 Å².